The number of hydrogen-bond acceptors (Lipinski definition) is 5. The van der Waals surface area contributed by atoms with Gasteiger partial charge in [0.05, 0.1) is 18.4 Å². The van der Waals surface area contributed by atoms with Crippen molar-refractivity contribution in [3.05, 3.63) is 71.8 Å². The molecule has 0 bridgehead atoms. The predicted molar refractivity (Wildman–Crippen MR) is 127 cm³/mol. The van der Waals surface area contributed by atoms with Gasteiger partial charge in [0.2, 0.25) is 11.8 Å². The average molecular weight is 466 g/mol. The first-order chi connectivity index (χ1) is 16.2. The Balaban J connectivity index is 1.74. The van der Waals surface area contributed by atoms with E-state index in [2.05, 4.69) is 10.6 Å². The van der Waals surface area contributed by atoms with Crippen LogP contribution < -0.4 is 16.4 Å². The molecule has 3 unspecified atom stereocenters. The number of Topliss-reactive ketones (excluding diaryl/α,β-unsaturated/α-hetero) is 1. The molecule has 1 aliphatic heterocycles. The maximum absolute atomic E-state index is 13.5. The largest absolute Gasteiger partial charge is 0.370 e. The summed E-state index contributed by atoms with van der Waals surface area (Å²) in [6, 6.07) is 17.3. The van der Waals surface area contributed by atoms with Gasteiger partial charge in [0, 0.05) is 12.1 Å². The lowest BCUT2D eigenvalue weighted by Crippen LogP contribution is -2.49. The van der Waals surface area contributed by atoms with Gasteiger partial charge in [-0.05, 0) is 29.5 Å². The second-order valence-electron chi connectivity index (χ2n) is 9.18. The Morgan fingerprint density at radius 2 is 1.68 bits per heavy atom. The second-order valence-corrected chi connectivity index (χ2v) is 9.18. The third-order valence-electron chi connectivity index (χ3n) is 6.13. The number of nitrogens with one attached hydrogen (secondary N) is 2. The Bertz CT molecular complexity index is 1020. The fraction of sp³-hybridized carbons (Fsp3) is 0.385. The topological polar surface area (TPSA) is 128 Å². The number of rotatable bonds is 10. The summed E-state index contributed by atoms with van der Waals surface area (Å²) < 4.78 is 5.38. The molecule has 2 aromatic carbocycles. The lowest BCUT2D eigenvalue weighted by Gasteiger charge is -2.35. The maximum atomic E-state index is 13.5. The van der Waals surface area contributed by atoms with Crippen LogP contribution in [0, 0.1) is 5.41 Å². The molecule has 34 heavy (non-hydrogen) atoms. The Labute approximate surface area is 199 Å². The smallest absolute Gasteiger partial charge is 0.251 e. The van der Waals surface area contributed by atoms with E-state index in [1.807, 2.05) is 50.2 Å². The van der Waals surface area contributed by atoms with Crippen LogP contribution in [0.4, 0.5) is 0 Å². The van der Waals surface area contributed by atoms with Gasteiger partial charge in [0.25, 0.3) is 5.91 Å². The lowest BCUT2D eigenvalue weighted by atomic mass is 9.72. The zero-order chi connectivity index (χ0) is 24.7. The molecule has 180 valence electrons. The van der Waals surface area contributed by atoms with Crippen LogP contribution in [0.1, 0.15) is 48.5 Å². The van der Waals surface area contributed by atoms with E-state index in [1.165, 1.54) is 0 Å². The van der Waals surface area contributed by atoms with Crippen molar-refractivity contribution in [2.75, 3.05) is 13.2 Å². The number of ether oxygens (including phenoxy) is 1. The SMILES string of the molecule is CC(C)(CCNC(=O)c1ccccc1)C(C(=O)NC1C(=O)COC1CC(N)=O)c1ccccc1. The summed E-state index contributed by atoms with van der Waals surface area (Å²) in [5.41, 5.74) is 6.06. The molecule has 8 nitrogen and oxygen atoms in total. The number of benzene rings is 2. The number of carbonyl (C=O) groups excluding carboxylic acids is 4. The van der Waals surface area contributed by atoms with Crippen molar-refractivity contribution in [1.82, 2.24) is 10.6 Å². The first-order valence-electron chi connectivity index (χ1n) is 11.3. The molecule has 0 radical (unpaired) electrons. The number of carbonyl (C=O) groups is 4. The van der Waals surface area contributed by atoms with E-state index < -0.39 is 29.4 Å². The Morgan fingerprint density at radius 1 is 1.06 bits per heavy atom. The summed E-state index contributed by atoms with van der Waals surface area (Å²) in [4.78, 5) is 49.7. The van der Waals surface area contributed by atoms with Crippen LogP contribution in [-0.2, 0) is 19.1 Å². The summed E-state index contributed by atoms with van der Waals surface area (Å²) >= 11 is 0. The van der Waals surface area contributed by atoms with E-state index in [4.69, 9.17) is 10.5 Å². The van der Waals surface area contributed by atoms with Crippen LogP contribution in [0.15, 0.2) is 60.7 Å². The van der Waals surface area contributed by atoms with E-state index >= 15 is 0 Å². The van der Waals surface area contributed by atoms with Crippen LogP contribution in [0.2, 0.25) is 0 Å². The molecule has 0 aromatic heterocycles. The van der Waals surface area contributed by atoms with Crippen LogP contribution in [0.5, 0.6) is 0 Å². The van der Waals surface area contributed by atoms with E-state index in [9.17, 15) is 19.2 Å². The fourth-order valence-corrected chi connectivity index (χ4v) is 4.30. The fourth-order valence-electron chi connectivity index (χ4n) is 4.30. The van der Waals surface area contributed by atoms with Crippen molar-refractivity contribution in [3.63, 3.8) is 0 Å². The van der Waals surface area contributed by atoms with Crippen LogP contribution in [0.3, 0.4) is 0 Å². The molecule has 8 heteroatoms. The molecular weight excluding hydrogens is 434 g/mol. The summed E-state index contributed by atoms with van der Waals surface area (Å²) in [6.45, 7) is 4.10. The van der Waals surface area contributed by atoms with E-state index in [0.29, 0.717) is 18.5 Å². The molecule has 3 rings (SSSR count). The highest BCUT2D eigenvalue weighted by molar-refractivity contribution is 5.95. The zero-order valence-corrected chi connectivity index (χ0v) is 19.5. The van der Waals surface area contributed by atoms with Crippen molar-refractivity contribution >= 4 is 23.5 Å². The number of ketones is 1. The second kappa shape index (κ2) is 11.1. The summed E-state index contributed by atoms with van der Waals surface area (Å²) in [5, 5.41) is 5.72. The molecule has 3 amide bonds. The molecule has 3 atom stereocenters. The molecule has 0 spiro atoms. The predicted octanol–water partition coefficient (Wildman–Crippen LogP) is 1.94. The minimum atomic E-state index is -0.931. The minimum Gasteiger partial charge on any atom is -0.370 e. The van der Waals surface area contributed by atoms with Crippen LogP contribution >= 0.6 is 0 Å². The number of nitrogens with two attached hydrogens (primary N) is 1. The number of hydrogen-bond donors (Lipinski definition) is 3. The first kappa shape index (κ1) is 25.1. The third-order valence-corrected chi connectivity index (χ3v) is 6.13. The third kappa shape index (κ3) is 6.29. The summed E-state index contributed by atoms with van der Waals surface area (Å²) in [6.07, 6.45) is -0.418. The normalized spacial score (nSPS) is 18.8. The van der Waals surface area contributed by atoms with Gasteiger partial charge in [-0.2, -0.15) is 0 Å². The lowest BCUT2D eigenvalue weighted by molar-refractivity contribution is -0.129. The van der Waals surface area contributed by atoms with Crippen LogP contribution in [0.25, 0.3) is 0 Å². The van der Waals surface area contributed by atoms with Gasteiger partial charge in [0.1, 0.15) is 12.6 Å². The number of primary amides is 1. The van der Waals surface area contributed by atoms with Crippen molar-refractivity contribution in [2.45, 2.75) is 44.8 Å². The monoisotopic (exact) mass is 465 g/mol. The van der Waals surface area contributed by atoms with Gasteiger partial charge in [-0.1, -0.05) is 62.4 Å². The Morgan fingerprint density at radius 3 is 2.29 bits per heavy atom. The molecule has 1 saturated heterocycles. The van der Waals surface area contributed by atoms with Crippen molar-refractivity contribution in [1.29, 1.82) is 0 Å². The summed E-state index contributed by atoms with van der Waals surface area (Å²) in [5.74, 6) is -2.03. The van der Waals surface area contributed by atoms with Gasteiger partial charge in [0.15, 0.2) is 5.78 Å². The summed E-state index contributed by atoms with van der Waals surface area (Å²) in [7, 11) is 0. The zero-order valence-electron chi connectivity index (χ0n) is 19.5. The molecule has 4 N–H and O–H groups in total. The Hall–Kier alpha value is -3.52. The molecular formula is C26H31N3O5. The van der Waals surface area contributed by atoms with E-state index in [0.717, 1.165) is 5.56 Å². The van der Waals surface area contributed by atoms with Gasteiger partial charge in [-0.15, -0.1) is 0 Å². The average Bonchev–Trinajstić information content (AvgIpc) is 3.13. The maximum Gasteiger partial charge on any atom is 0.251 e. The van der Waals surface area contributed by atoms with E-state index in [-0.39, 0.29) is 30.6 Å². The first-order valence-corrected chi connectivity index (χ1v) is 11.3. The molecule has 0 saturated carbocycles. The molecule has 1 aliphatic rings. The van der Waals surface area contributed by atoms with Gasteiger partial charge in [-0.25, -0.2) is 0 Å². The van der Waals surface area contributed by atoms with Crippen molar-refractivity contribution in [3.8, 4) is 0 Å². The molecule has 2 aromatic rings. The van der Waals surface area contributed by atoms with E-state index in [1.54, 1.807) is 24.3 Å². The van der Waals surface area contributed by atoms with Crippen LogP contribution in [-0.4, -0.2) is 48.8 Å². The molecule has 0 aliphatic carbocycles. The minimum absolute atomic E-state index is 0.151. The van der Waals surface area contributed by atoms with Crippen molar-refractivity contribution in [2.24, 2.45) is 11.1 Å². The highest BCUT2D eigenvalue weighted by Crippen LogP contribution is 2.39. The molecule has 1 fully saturated rings. The van der Waals surface area contributed by atoms with Gasteiger partial charge < -0.3 is 21.1 Å². The van der Waals surface area contributed by atoms with Crippen molar-refractivity contribution < 1.29 is 23.9 Å². The Kier molecular flexibility index (Phi) is 8.17. The highest BCUT2D eigenvalue weighted by atomic mass is 16.5. The number of amides is 3. The van der Waals surface area contributed by atoms with Gasteiger partial charge in [-0.3, -0.25) is 19.2 Å². The molecule has 1 heterocycles. The quantitative estimate of drug-likeness (QED) is 0.494. The highest BCUT2D eigenvalue weighted by Gasteiger charge is 2.42. The standard InChI is InChI=1S/C26H31N3O5/c1-26(2,13-14-28-24(32)18-11-7-4-8-12-18)22(17-9-5-3-6-10-17)25(33)29-23-19(30)16-34-20(23)15-21(27)31/h3-12,20,22-23H,13-16H2,1-2H3,(H2,27,31)(H,28,32)(H,29,33). The van der Waals surface area contributed by atoms with Gasteiger partial charge >= 0.3 is 0 Å².